The molecule has 2 N–H and O–H groups in total. The summed E-state index contributed by atoms with van der Waals surface area (Å²) in [5, 5.41) is 0. The molecular weight excluding hydrogens is 229 g/mol. The minimum atomic E-state index is -0.205. The SMILES string of the molecule is CC(C)c1nccn1Cc1cccc(CN)c1F. The van der Waals surface area contributed by atoms with Crippen LogP contribution >= 0.6 is 0 Å². The van der Waals surface area contributed by atoms with E-state index in [4.69, 9.17) is 5.73 Å². The number of halogens is 1. The Balaban J connectivity index is 2.31. The summed E-state index contributed by atoms with van der Waals surface area (Å²) in [6.45, 7) is 4.87. The van der Waals surface area contributed by atoms with Crippen LogP contribution in [0.1, 0.15) is 36.7 Å². The Bertz CT molecular complexity index is 532. The molecule has 0 aliphatic rings. The molecule has 1 aromatic heterocycles. The van der Waals surface area contributed by atoms with Crippen LogP contribution in [-0.2, 0) is 13.1 Å². The minimum Gasteiger partial charge on any atom is -0.330 e. The van der Waals surface area contributed by atoms with E-state index in [2.05, 4.69) is 18.8 Å². The minimum absolute atomic E-state index is 0.205. The second-order valence-electron chi connectivity index (χ2n) is 4.66. The highest BCUT2D eigenvalue weighted by atomic mass is 19.1. The van der Waals surface area contributed by atoms with Gasteiger partial charge in [-0.05, 0) is 0 Å². The Hall–Kier alpha value is -1.68. The molecule has 2 aromatic rings. The standard InChI is InChI=1S/C14H18FN3/c1-10(2)14-17-6-7-18(14)9-12-5-3-4-11(8-16)13(12)15/h3-7,10H,8-9,16H2,1-2H3. The molecule has 0 spiro atoms. The van der Waals surface area contributed by atoms with Crippen LogP contribution in [0.25, 0.3) is 0 Å². The summed E-state index contributed by atoms with van der Waals surface area (Å²) >= 11 is 0. The second kappa shape index (κ2) is 5.31. The lowest BCUT2D eigenvalue weighted by Gasteiger charge is -2.12. The molecule has 1 aromatic carbocycles. The number of hydrogen-bond acceptors (Lipinski definition) is 2. The molecule has 0 aliphatic carbocycles. The number of nitrogens with two attached hydrogens (primary N) is 1. The fourth-order valence-corrected chi connectivity index (χ4v) is 2.05. The molecule has 0 saturated carbocycles. The van der Waals surface area contributed by atoms with Crippen molar-refractivity contribution in [2.24, 2.45) is 5.73 Å². The highest BCUT2D eigenvalue weighted by Crippen LogP contribution is 2.17. The first-order chi connectivity index (χ1) is 8.63. The zero-order valence-electron chi connectivity index (χ0n) is 10.7. The molecule has 4 heteroatoms. The lowest BCUT2D eigenvalue weighted by Crippen LogP contribution is -2.09. The van der Waals surface area contributed by atoms with Gasteiger partial charge < -0.3 is 10.3 Å². The largest absolute Gasteiger partial charge is 0.330 e. The summed E-state index contributed by atoms with van der Waals surface area (Å²) in [5.41, 5.74) is 6.72. The lowest BCUT2D eigenvalue weighted by atomic mass is 10.1. The van der Waals surface area contributed by atoms with E-state index in [1.165, 1.54) is 0 Å². The summed E-state index contributed by atoms with van der Waals surface area (Å²) in [5.74, 6) is 1.08. The molecule has 0 radical (unpaired) electrons. The van der Waals surface area contributed by atoms with Gasteiger partial charge >= 0.3 is 0 Å². The van der Waals surface area contributed by atoms with Crippen LogP contribution in [0.15, 0.2) is 30.6 Å². The molecular formula is C14H18FN3. The Kier molecular flexibility index (Phi) is 3.77. The molecule has 3 nitrogen and oxygen atoms in total. The van der Waals surface area contributed by atoms with Crippen LogP contribution in [0.5, 0.6) is 0 Å². The van der Waals surface area contributed by atoms with Gasteiger partial charge in [0, 0.05) is 36.0 Å². The van der Waals surface area contributed by atoms with Gasteiger partial charge in [-0.15, -0.1) is 0 Å². The van der Waals surface area contributed by atoms with E-state index in [0.29, 0.717) is 23.6 Å². The van der Waals surface area contributed by atoms with Gasteiger partial charge in [0.05, 0.1) is 6.54 Å². The van der Waals surface area contributed by atoms with E-state index in [9.17, 15) is 4.39 Å². The van der Waals surface area contributed by atoms with Crippen LogP contribution in [0.3, 0.4) is 0 Å². The van der Waals surface area contributed by atoms with Crippen molar-refractivity contribution in [3.63, 3.8) is 0 Å². The van der Waals surface area contributed by atoms with Crippen molar-refractivity contribution in [2.45, 2.75) is 32.9 Å². The van der Waals surface area contributed by atoms with Crippen molar-refractivity contribution in [1.29, 1.82) is 0 Å². The van der Waals surface area contributed by atoms with E-state index >= 15 is 0 Å². The van der Waals surface area contributed by atoms with Crippen LogP contribution in [0.2, 0.25) is 0 Å². The topological polar surface area (TPSA) is 43.8 Å². The summed E-state index contributed by atoms with van der Waals surface area (Å²) in [7, 11) is 0. The first-order valence-electron chi connectivity index (χ1n) is 6.10. The average molecular weight is 247 g/mol. The van der Waals surface area contributed by atoms with Gasteiger partial charge in [0.2, 0.25) is 0 Å². The van der Waals surface area contributed by atoms with Crippen molar-refractivity contribution >= 4 is 0 Å². The number of imidazole rings is 1. The van der Waals surface area contributed by atoms with Crippen LogP contribution in [0.4, 0.5) is 4.39 Å². The van der Waals surface area contributed by atoms with E-state index in [-0.39, 0.29) is 12.4 Å². The van der Waals surface area contributed by atoms with Crippen molar-refractivity contribution < 1.29 is 4.39 Å². The number of hydrogen-bond donors (Lipinski definition) is 1. The summed E-state index contributed by atoms with van der Waals surface area (Å²) < 4.78 is 16.1. The Morgan fingerprint density at radius 2 is 2.06 bits per heavy atom. The first kappa shape index (κ1) is 12.8. The Morgan fingerprint density at radius 3 is 2.72 bits per heavy atom. The summed E-state index contributed by atoms with van der Waals surface area (Å²) in [4.78, 5) is 4.30. The fourth-order valence-electron chi connectivity index (χ4n) is 2.05. The van der Waals surface area contributed by atoms with Crippen molar-refractivity contribution in [1.82, 2.24) is 9.55 Å². The monoisotopic (exact) mass is 247 g/mol. The van der Waals surface area contributed by atoms with Gasteiger partial charge in [-0.1, -0.05) is 32.0 Å². The molecule has 0 saturated heterocycles. The normalized spacial score (nSPS) is 11.2. The third-order valence-electron chi connectivity index (χ3n) is 2.98. The molecule has 18 heavy (non-hydrogen) atoms. The molecule has 2 rings (SSSR count). The zero-order valence-corrected chi connectivity index (χ0v) is 10.7. The highest BCUT2D eigenvalue weighted by Gasteiger charge is 2.11. The third-order valence-corrected chi connectivity index (χ3v) is 2.98. The molecule has 0 unspecified atom stereocenters. The van der Waals surface area contributed by atoms with Crippen molar-refractivity contribution in [3.8, 4) is 0 Å². The van der Waals surface area contributed by atoms with E-state index in [0.717, 1.165) is 5.82 Å². The molecule has 0 fully saturated rings. The average Bonchev–Trinajstić information content (AvgIpc) is 2.80. The molecule has 0 amide bonds. The molecule has 0 aliphatic heterocycles. The van der Waals surface area contributed by atoms with E-state index in [1.807, 2.05) is 16.8 Å². The third kappa shape index (κ3) is 2.43. The van der Waals surface area contributed by atoms with Crippen molar-refractivity contribution in [2.75, 3.05) is 0 Å². The van der Waals surface area contributed by atoms with Crippen molar-refractivity contribution in [3.05, 3.63) is 53.4 Å². The van der Waals surface area contributed by atoms with Gasteiger partial charge in [0.1, 0.15) is 11.6 Å². The zero-order chi connectivity index (χ0) is 13.1. The summed E-state index contributed by atoms with van der Waals surface area (Å²) in [6, 6.07) is 5.35. The number of rotatable bonds is 4. The second-order valence-corrected chi connectivity index (χ2v) is 4.66. The van der Waals surface area contributed by atoms with Gasteiger partial charge in [0.15, 0.2) is 0 Å². The fraction of sp³-hybridized carbons (Fsp3) is 0.357. The van der Waals surface area contributed by atoms with Crippen LogP contribution in [-0.4, -0.2) is 9.55 Å². The predicted octanol–water partition coefficient (Wildman–Crippen LogP) is 2.65. The Labute approximate surface area is 106 Å². The maximum Gasteiger partial charge on any atom is 0.132 e. The molecule has 0 atom stereocenters. The predicted molar refractivity (Wildman–Crippen MR) is 69.7 cm³/mol. The van der Waals surface area contributed by atoms with E-state index in [1.54, 1.807) is 18.3 Å². The first-order valence-corrected chi connectivity index (χ1v) is 6.10. The van der Waals surface area contributed by atoms with E-state index < -0.39 is 0 Å². The van der Waals surface area contributed by atoms with Crippen LogP contribution < -0.4 is 5.73 Å². The Morgan fingerprint density at radius 1 is 1.33 bits per heavy atom. The molecule has 96 valence electrons. The van der Waals surface area contributed by atoms with Crippen LogP contribution in [0, 0.1) is 5.82 Å². The lowest BCUT2D eigenvalue weighted by molar-refractivity contribution is 0.575. The number of aromatic nitrogens is 2. The maximum absolute atomic E-state index is 14.1. The van der Waals surface area contributed by atoms with Gasteiger partial charge in [-0.2, -0.15) is 0 Å². The van der Waals surface area contributed by atoms with Gasteiger partial charge in [-0.3, -0.25) is 0 Å². The summed E-state index contributed by atoms with van der Waals surface area (Å²) in [6.07, 6.45) is 3.63. The molecule has 1 heterocycles. The maximum atomic E-state index is 14.1. The number of benzene rings is 1. The quantitative estimate of drug-likeness (QED) is 0.902. The van der Waals surface area contributed by atoms with Gasteiger partial charge in [0.25, 0.3) is 0 Å². The highest BCUT2D eigenvalue weighted by molar-refractivity contribution is 5.26. The molecule has 0 bridgehead atoms. The number of nitrogens with zero attached hydrogens (tertiary/aromatic N) is 2. The smallest absolute Gasteiger partial charge is 0.132 e. The van der Waals surface area contributed by atoms with Gasteiger partial charge in [-0.25, -0.2) is 9.37 Å².